The summed E-state index contributed by atoms with van der Waals surface area (Å²) in [5.41, 5.74) is 1.83. The van der Waals surface area contributed by atoms with Gasteiger partial charge in [0.2, 0.25) is 0 Å². The molecule has 0 aliphatic carbocycles. The molecule has 0 radical (unpaired) electrons. The highest BCUT2D eigenvalue weighted by molar-refractivity contribution is 5.55. The van der Waals surface area contributed by atoms with E-state index in [2.05, 4.69) is 0 Å². The largest absolute Gasteiger partial charge is 0.455 e. The van der Waals surface area contributed by atoms with Crippen molar-refractivity contribution >= 4 is 0 Å². The van der Waals surface area contributed by atoms with E-state index in [1.165, 1.54) is 0 Å². The van der Waals surface area contributed by atoms with Gasteiger partial charge in [0.05, 0.1) is 17.7 Å². The molecule has 0 aromatic heterocycles. The fraction of sp³-hybridized carbons (Fsp3) is 0.176. The molecule has 104 valence electrons. The summed E-state index contributed by atoms with van der Waals surface area (Å²) in [6.45, 7) is 0.663. The second-order valence-corrected chi connectivity index (χ2v) is 4.39. The van der Waals surface area contributed by atoms with Crippen molar-refractivity contribution in [2.24, 2.45) is 0 Å². The topological polar surface area (TPSA) is 66.0 Å². The van der Waals surface area contributed by atoms with Gasteiger partial charge in [-0.2, -0.15) is 10.5 Å². The Balaban J connectivity index is 2.23. The number of rotatable bonds is 5. The van der Waals surface area contributed by atoms with E-state index >= 15 is 0 Å². The fourth-order valence-corrected chi connectivity index (χ4v) is 1.88. The van der Waals surface area contributed by atoms with Gasteiger partial charge in [-0.15, -0.1) is 0 Å². The van der Waals surface area contributed by atoms with Crippen molar-refractivity contribution in [1.29, 1.82) is 10.5 Å². The van der Waals surface area contributed by atoms with Crippen molar-refractivity contribution in [3.05, 3.63) is 59.2 Å². The molecule has 0 saturated heterocycles. The van der Waals surface area contributed by atoms with Gasteiger partial charge in [0, 0.05) is 7.11 Å². The average molecular weight is 278 g/mol. The van der Waals surface area contributed by atoms with Crippen LogP contribution in [-0.4, -0.2) is 13.7 Å². The second-order valence-electron chi connectivity index (χ2n) is 4.39. The van der Waals surface area contributed by atoms with Crippen molar-refractivity contribution < 1.29 is 9.47 Å². The number of hydrogen-bond donors (Lipinski definition) is 0. The lowest BCUT2D eigenvalue weighted by atomic mass is 10.1. The first kappa shape index (κ1) is 14.6. The summed E-state index contributed by atoms with van der Waals surface area (Å²) in [4.78, 5) is 0. The van der Waals surface area contributed by atoms with Crippen LogP contribution in [0.2, 0.25) is 0 Å². The van der Waals surface area contributed by atoms with Crippen LogP contribution in [0.1, 0.15) is 16.7 Å². The smallest absolute Gasteiger partial charge is 0.162 e. The van der Waals surface area contributed by atoms with Crippen LogP contribution in [0.5, 0.6) is 11.5 Å². The molecule has 4 heteroatoms. The van der Waals surface area contributed by atoms with Gasteiger partial charge < -0.3 is 9.47 Å². The normalized spacial score (nSPS) is 9.67. The summed E-state index contributed by atoms with van der Waals surface area (Å²) in [6.07, 6.45) is 0.828. The molecular weight excluding hydrogens is 264 g/mol. The number of para-hydroxylation sites is 1. The van der Waals surface area contributed by atoms with Crippen LogP contribution in [0.4, 0.5) is 0 Å². The first-order valence-corrected chi connectivity index (χ1v) is 6.47. The predicted molar refractivity (Wildman–Crippen MR) is 78.0 cm³/mol. The molecule has 2 aromatic rings. The lowest BCUT2D eigenvalue weighted by molar-refractivity contribution is 0.202. The standard InChI is InChI=1S/C17H14N2O2/c1-20-10-9-13-5-7-16(8-6-13)21-17-14(11-18)3-2-4-15(17)12-19/h2-8H,9-10H2,1H3. The zero-order valence-corrected chi connectivity index (χ0v) is 11.7. The molecule has 0 unspecified atom stereocenters. The van der Waals surface area contributed by atoms with Gasteiger partial charge in [-0.05, 0) is 36.2 Å². The Labute approximate surface area is 123 Å². The zero-order valence-electron chi connectivity index (χ0n) is 11.7. The Kier molecular flexibility index (Phi) is 4.93. The van der Waals surface area contributed by atoms with Crippen molar-refractivity contribution in [2.75, 3.05) is 13.7 Å². The first-order chi connectivity index (χ1) is 10.3. The van der Waals surface area contributed by atoms with Crippen molar-refractivity contribution in [2.45, 2.75) is 6.42 Å². The molecule has 0 saturated carbocycles. The molecule has 0 heterocycles. The van der Waals surface area contributed by atoms with Crippen LogP contribution < -0.4 is 4.74 Å². The Morgan fingerprint density at radius 3 is 2.10 bits per heavy atom. The molecule has 0 atom stereocenters. The van der Waals surface area contributed by atoms with E-state index in [1.807, 2.05) is 36.4 Å². The van der Waals surface area contributed by atoms with E-state index in [-0.39, 0.29) is 0 Å². The molecule has 0 bridgehead atoms. The molecule has 4 nitrogen and oxygen atoms in total. The summed E-state index contributed by atoms with van der Waals surface area (Å²) in [7, 11) is 1.67. The molecule has 0 N–H and O–H groups in total. The van der Waals surface area contributed by atoms with E-state index in [0.717, 1.165) is 12.0 Å². The van der Waals surface area contributed by atoms with Crippen LogP contribution in [0.15, 0.2) is 42.5 Å². The van der Waals surface area contributed by atoms with E-state index in [0.29, 0.717) is 29.2 Å². The lowest BCUT2D eigenvalue weighted by Gasteiger charge is -2.09. The van der Waals surface area contributed by atoms with Gasteiger partial charge in [-0.25, -0.2) is 0 Å². The molecule has 21 heavy (non-hydrogen) atoms. The van der Waals surface area contributed by atoms with Gasteiger partial charge in [-0.3, -0.25) is 0 Å². The molecular formula is C17H14N2O2. The molecule has 0 fully saturated rings. The highest BCUT2D eigenvalue weighted by Gasteiger charge is 2.10. The van der Waals surface area contributed by atoms with E-state index in [9.17, 15) is 0 Å². The van der Waals surface area contributed by atoms with Crippen LogP contribution in [-0.2, 0) is 11.2 Å². The SMILES string of the molecule is COCCc1ccc(Oc2c(C#N)cccc2C#N)cc1. The summed E-state index contributed by atoms with van der Waals surface area (Å²) < 4.78 is 10.7. The highest BCUT2D eigenvalue weighted by Crippen LogP contribution is 2.28. The predicted octanol–water partition coefficient (Wildman–Crippen LogP) is 3.41. The molecule has 0 amide bonds. The van der Waals surface area contributed by atoms with E-state index in [4.69, 9.17) is 20.0 Å². The van der Waals surface area contributed by atoms with Gasteiger partial charge in [0.1, 0.15) is 17.9 Å². The first-order valence-electron chi connectivity index (χ1n) is 6.47. The zero-order chi connectivity index (χ0) is 15.1. The molecule has 2 aromatic carbocycles. The maximum atomic E-state index is 9.10. The maximum absolute atomic E-state index is 9.10. The van der Waals surface area contributed by atoms with Crippen LogP contribution >= 0.6 is 0 Å². The molecule has 0 spiro atoms. The third kappa shape index (κ3) is 3.60. The maximum Gasteiger partial charge on any atom is 0.162 e. The molecule has 2 rings (SSSR count). The van der Waals surface area contributed by atoms with Gasteiger partial charge >= 0.3 is 0 Å². The minimum Gasteiger partial charge on any atom is -0.455 e. The van der Waals surface area contributed by atoms with Crippen LogP contribution in [0, 0.1) is 22.7 Å². The van der Waals surface area contributed by atoms with Crippen molar-refractivity contribution in [3.8, 4) is 23.6 Å². The highest BCUT2D eigenvalue weighted by atomic mass is 16.5. The Morgan fingerprint density at radius 1 is 0.952 bits per heavy atom. The number of hydrogen-bond acceptors (Lipinski definition) is 4. The number of methoxy groups -OCH3 is 1. The summed E-state index contributed by atoms with van der Waals surface area (Å²) in [5.74, 6) is 0.891. The fourth-order valence-electron chi connectivity index (χ4n) is 1.88. The minimum absolute atomic E-state index is 0.298. The third-order valence-corrected chi connectivity index (χ3v) is 2.99. The quantitative estimate of drug-likeness (QED) is 0.840. The average Bonchev–Trinajstić information content (AvgIpc) is 2.54. The van der Waals surface area contributed by atoms with Gasteiger partial charge in [-0.1, -0.05) is 18.2 Å². The number of ether oxygens (including phenoxy) is 2. The van der Waals surface area contributed by atoms with Gasteiger partial charge in [0.15, 0.2) is 5.75 Å². The van der Waals surface area contributed by atoms with Crippen molar-refractivity contribution in [3.63, 3.8) is 0 Å². The van der Waals surface area contributed by atoms with E-state index in [1.54, 1.807) is 25.3 Å². The third-order valence-electron chi connectivity index (χ3n) is 2.99. The Bertz CT molecular complexity index is 662. The minimum atomic E-state index is 0.298. The lowest BCUT2D eigenvalue weighted by Crippen LogP contribution is -1.95. The number of benzene rings is 2. The summed E-state index contributed by atoms with van der Waals surface area (Å²) in [6, 6.07) is 16.5. The summed E-state index contributed by atoms with van der Waals surface area (Å²) in [5, 5.41) is 18.2. The molecule has 0 aliphatic heterocycles. The summed E-state index contributed by atoms with van der Waals surface area (Å²) >= 11 is 0. The van der Waals surface area contributed by atoms with Crippen LogP contribution in [0.25, 0.3) is 0 Å². The van der Waals surface area contributed by atoms with Crippen molar-refractivity contribution in [1.82, 2.24) is 0 Å². The monoisotopic (exact) mass is 278 g/mol. The number of nitrogens with zero attached hydrogens (tertiary/aromatic N) is 2. The van der Waals surface area contributed by atoms with Gasteiger partial charge in [0.25, 0.3) is 0 Å². The second kappa shape index (κ2) is 7.09. The molecule has 0 aliphatic rings. The Morgan fingerprint density at radius 2 is 1.57 bits per heavy atom. The van der Waals surface area contributed by atoms with E-state index < -0.39 is 0 Å². The number of nitriles is 2. The van der Waals surface area contributed by atoms with Crippen LogP contribution in [0.3, 0.4) is 0 Å². The Hall–Kier alpha value is -2.82.